The minimum atomic E-state index is -0.925. The van der Waals surface area contributed by atoms with E-state index in [2.05, 4.69) is 21.2 Å². The number of amides is 1. The predicted octanol–water partition coefficient (Wildman–Crippen LogP) is 2.59. The van der Waals surface area contributed by atoms with Crippen LogP contribution >= 0.6 is 27.5 Å². The van der Waals surface area contributed by atoms with Gasteiger partial charge in [0.05, 0.1) is 23.8 Å². The minimum Gasteiger partial charge on any atom is -0.480 e. The summed E-state index contributed by atoms with van der Waals surface area (Å²) in [4.78, 5) is 24.4. The Balaban J connectivity index is 1.95. The topological polar surface area (TPSA) is 69.6 Å². The van der Waals surface area contributed by atoms with E-state index in [9.17, 15) is 9.59 Å². The molecule has 0 saturated heterocycles. The number of rotatable bonds is 6. The van der Waals surface area contributed by atoms with Crippen molar-refractivity contribution in [1.29, 1.82) is 0 Å². The molecule has 0 bridgehead atoms. The molecule has 20 heavy (non-hydrogen) atoms. The zero-order chi connectivity index (χ0) is 14.7. The number of benzene rings is 1. The summed E-state index contributed by atoms with van der Waals surface area (Å²) in [5.74, 6) is -1.19. The SMILES string of the molecule is O=C(O)CN(CC(=O)Nc1ccc(Br)cc1Cl)C1CC1. The van der Waals surface area contributed by atoms with E-state index in [1.807, 2.05) is 0 Å². The van der Waals surface area contributed by atoms with Crippen LogP contribution in [0, 0.1) is 0 Å². The highest BCUT2D eigenvalue weighted by atomic mass is 79.9. The Kier molecular flexibility index (Phi) is 5.01. The number of carboxylic acids is 1. The number of nitrogens with one attached hydrogen (secondary N) is 1. The van der Waals surface area contributed by atoms with Gasteiger partial charge in [0, 0.05) is 10.5 Å². The molecule has 0 aromatic heterocycles. The van der Waals surface area contributed by atoms with Gasteiger partial charge in [-0.05, 0) is 31.0 Å². The molecule has 2 N–H and O–H groups in total. The minimum absolute atomic E-state index is 0.0589. The predicted molar refractivity (Wildman–Crippen MR) is 80.0 cm³/mol. The van der Waals surface area contributed by atoms with E-state index >= 15 is 0 Å². The lowest BCUT2D eigenvalue weighted by molar-refractivity contribution is -0.138. The van der Waals surface area contributed by atoms with Crippen molar-refractivity contribution in [1.82, 2.24) is 4.90 Å². The second-order valence-corrected chi connectivity index (χ2v) is 6.03. The van der Waals surface area contributed by atoms with Crippen LogP contribution in [0.3, 0.4) is 0 Å². The van der Waals surface area contributed by atoms with Gasteiger partial charge >= 0.3 is 5.97 Å². The van der Waals surface area contributed by atoms with E-state index < -0.39 is 5.97 Å². The monoisotopic (exact) mass is 360 g/mol. The van der Waals surface area contributed by atoms with E-state index in [1.54, 1.807) is 23.1 Å². The standard InChI is InChI=1S/C13H14BrClN2O3/c14-8-1-4-11(10(15)5-8)16-12(18)6-17(7-13(19)20)9-2-3-9/h1,4-5,9H,2-3,6-7H2,(H,16,18)(H,19,20). The van der Waals surface area contributed by atoms with Gasteiger partial charge in [-0.2, -0.15) is 0 Å². The number of hydrogen-bond donors (Lipinski definition) is 2. The lowest BCUT2D eigenvalue weighted by Gasteiger charge is -2.19. The van der Waals surface area contributed by atoms with Crippen LogP contribution in [0.4, 0.5) is 5.69 Å². The Hall–Kier alpha value is -1.11. The molecule has 1 aliphatic carbocycles. The van der Waals surface area contributed by atoms with Crippen molar-refractivity contribution < 1.29 is 14.7 Å². The Labute approximate surface area is 130 Å². The first-order valence-corrected chi connectivity index (χ1v) is 7.33. The average molecular weight is 362 g/mol. The molecule has 1 saturated carbocycles. The molecule has 0 unspecified atom stereocenters. The van der Waals surface area contributed by atoms with Crippen LogP contribution in [0.25, 0.3) is 0 Å². The lowest BCUT2D eigenvalue weighted by Crippen LogP contribution is -2.38. The van der Waals surface area contributed by atoms with E-state index in [4.69, 9.17) is 16.7 Å². The number of aliphatic carboxylic acids is 1. The van der Waals surface area contributed by atoms with Crippen LogP contribution in [0.15, 0.2) is 22.7 Å². The Morgan fingerprint density at radius 3 is 2.65 bits per heavy atom. The zero-order valence-corrected chi connectivity index (χ0v) is 12.9. The Morgan fingerprint density at radius 1 is 1.40 bits per heavy atom. The summed E-state index contributed by atoms with van der Waals surface area (Å²) in [6.45, 7) is -0.0600. The number of anilines is 1. The van der Waals surface area contributed by atoms with Gasteiger partial charge in [-0.1, -0.05) is 27.5 Å². The van der Waals surface area contributed by atoms with E-state index in [-0.39, 0.29) is 25.0 Å². The fourth-order valence-corrected chi connectivity index (χ4v) is 2.61. The van der Waals surface area contributed by atoms with Crippen molar-refractivity contribution in [2.24, 2.45) is 0 Å². The zero-order valence-electron chi connectivity index (χ0n) is 10.6. The summed E-state index contributed by atoms with van der Waals surface area (Å²) in [5.41, 5.74) is 0.519. The first kappa shape index (κ1) is 15.3. The molecular formula is C13H14BrClN2O3. The molecule has 0 heterocycles. The first-order valence-electron chi connectivity index (χ1n) is 6.16. The largest absolute Gasteiger partial charge is 0.480 e. The van der Waals surface area contributed by atoms with Gasteiger partial charge in [0.2, 0.25) is 5.91 Å². The van der Waals surface area contributed by atoms with Gasteiger partial charge in [-0.25, -0.2) is 0 Å². The van der Waals surface area contributed by atoms with Gasteiger partial charge in [0.1, 0.15) is 0 Å². The number of carboxylic acid groups (broad SMARTS) is 1. The molecule has 1 amide bonds. The van der Waals surface area contributed by atoms with Gasteiger partial charge < -0.3 is 10.4 Å². The van der Waals surface area contributed by atoms with E-state index in [1.165, 1.54) is 0 Å². The van der Waals surface area contributed by atoms with Crippen molar-refractivity contribution in [3.63, 3.8) is 0 Å². The second-order valence-electron chi connectivity index (χ2n) is 4.70. The molecule has 0 spiro atoms. The van der Waals surface area contributed by atoms with Crippen LogP contribution in [0.2, 0.25) is 5.02 Å². The summed E-state index contributed by atoms with van der Waals surface area (Å²) in [6.07, 6.45) is 1.89. The first-order chi connectivity index (χ1) is 9.45. The Morgan fingerprint density at radius 2 is 2.10 bits per heavy atom. The molecular weight excluding hydrogens is 348 g/mol. The van der Waals surface area contributed by atoms with Crippen LogP contribution in [-0.2, 0) is 9.59 Å². The van der Waals surface area contributed by atoms with E-state index in [0.717, 1.165) is 17.3 Å². The molecule has 0 aliphatic heterocycles. The quantitative estimate of drug-likeness (QED) is 0.817. The van der Waals surface area contributed by atoms with Crippen molar-refractivity contribution in [2.75, 3.05) is 18.4 Å². The molecule has 0 radical (unpaired) electrons. The molecule has 1 aromatic carbocycles. The highest BCUT2D eigenvalue weighted by Crippen LogP contribution is 2.27. The van der Waals surface area contributed by atoms with E-state index in [0.29, 0.717) is 10.7 Å². The lowest BCUT2D eigenvalue weighted by atomic mass is 10.3. The van der Waals surface area contributed by atoms with Gasteiger partial charge in [0.25, 0.3) is 0 Å². The highest BCUT2D eigenvalue weighted by Gasteiger charge is 2.31. The molecule has 5 nitrogen and oxygen atoms in total. The number of hydrogen-bond acceptors (Lipinski definition) is 3. The van der Waals surface area contributed by atoms with Crippen LogP contribution in [-0.4, -0.2) is 41.0 Å². The highest BCUT2D eigenvalue weighted by molar-refractivity contribution is 9.10. The smallest absolute Gasteiger partial charge is 0.317 e. The third-order valence-corrected chi connectivity index (χ3v) is 3.76. The summed E-state index contributed by atoms with van der Waals surface area (Å²) in [5, 5.41) is 12.0. The third-order valence-electron chi connectivity index (χ3n) is 2.95. The van der Waals surface area contributed by atoms with Crippen molar-refractivity contribution in [3.8, 4) is 0 Å². The van der Waals surface area contributed by atoms with Crippen LogP contribution in [0.1, 0.15) is 12.8 Å². The van der Waals surface area contributed by atoms with Crippen molar-refractivity contribution >= 4 is 45.1 Å². The van der Waals surface area contributed by atoms with Gasteiger partial charge in [-0.15, -0.1) is 0 Å². The molecule has 1 aromatic rings. The van der Waals surface area contributed by atoms with Crippen LogP contribution < -0.4 is 5.32 Å². The molecule has 7 heteroatoms. The molecule has 2 rings (SSSR count). The number of carbonyl (C=O) groups excluding carboxylic acids is 1. The van der Waals surface area contributed by atoms with Crippen molar-refractivity contribution in [2.45, 2.75) is 18.9 Å². The molecule has 1 fully saturated rings. The summed E-state index contributed by atoms with van der Waals surface area (Å²) >= 11 is 9.30. The second kappa shape index (κ2) is 6.56. The fourth-order valence-electron chi connectivity index (χ4n) is 1.89. The van der Waals surface area contributed by atoms with Gasteiger partial charge in [-0.3, -0.25) is 14.5 Å². The number of nitrogens with zero attached hydrogens (tertiary/aromatic N) is 1. The maximum Gasteiger partial charge on any atom is 0.317 e. The number of halogens is 2. The summed E-state index contributed by atoms with van der Waals surface area (Å²) in [6, 6.07) is 5.37. The average Bonchev–Trinajstić information content (AvgIpc) is 3.15. The van der Waals surface area contributed by atoms with Gasteiger partial charge in [0.15, 0.2) is 0 Å². The van der Waals surface area contributed by atoms with Crippen LogP contribution in [0.5, 0.6) is 0 Å². The normalized spacial score (nSPS) is 14.3. The maximum atomic E-state index is 12.0. The molecule has 0 atom stereocenters. The molecule has 1 aliphatic rings. The van der Waals surface area contributed by atoms with Crippen molar-refractivity contribution in [3.05, 3.63) is 27.7 Å². The summed E-state index contributed by atoms with van der Waals surface area (Å²) in [7, 11) is 0. The number of carbonyl (C=O) groups is 2. The molecule has 108 valence electrons. The fraction of sp³-hybridized carbons (Fsp3) is 0.385. The summed E-state index contributed by atoms with van der Waals surface area (Å²) < 4.78 is 0.825. The third kappa shape index (κ3) is 4.47. The Bertz CT molecular complexity index is 534. The maximum absolute atomic E-state index is 12.0.